The third kappa shape index (κ3) is 11.9. The molecular formula is C5H15ClN2S. The number of rotatable bonds is 5. The van der Waals surface area contributed by atoms with Crippen molar-refractivity contribution in [3.05, 3.63) is 0 Å². The normalized spacial score (nSPS) is 8.67. The highest BCUT2D eigenvalue weighted by Crippen LogP contribution is 1.88. The van der Waals surface area contributed by atoms with Crippen LogP contribution in [0.4, 0.5) is 0 Å². The standard InChI is InChI=1S/C5H14N2S.ClH/c1-2-4-7-8-5-3-6;/h7H,2-6H2,1H3;1H. The van der Waals surface area contributed by atoms with Crippen molar-refractivity contribution < 1.29 is 0 Å². The van der Waals surface area contributed by atoms with Crippen LogP contribution in [-0.2, 0) is 0 Å². The zero-order valence-electron chi connectivity index (χ0n) is 5.72. The van der Waals surface area contributed by atoms with Gasteiger partial charge in [-0.3, -0.25) is 4.72 Å². The number of nitrogens with one attached hydrogen (secondary N) is 1. The predicted molar refractivity (Wildman–Crippen MR) is 47.1 cm³/mol. The molecule has 0 aliphatic heterocycles. The van der Waals surface area contributed by atoms with Gasteiger partial charge in [-0.15, -0.1) is 12.4 Å². The van der Waals surface area contributed by atoms with Gasteiger partial charge in [-0.2, -0.15) is 0 Å². The van der Waals surface area contributed by atoms with E-state index >= 15 is 0 Å². The first kappa shape index (κ1) is 12.3. The lowest BCUT2D eigenvalue weighted by molar-refractivity contribution is 0.876. The van der Waals surface area contributed by atoms with Gasteiger partial charge in [0.1, 0.15) is 0 Å². The molecule has 0 aromatic rings. The third-order valence-corrected chi connectivity index (χ3v) is 1.52. The van der Waals surface area contributed by atoms with Gasteiger partial charge in [0.25, 0.3) is 0 Å². The Kier molecular flexibility index (Phi) is 15.5. The van der Waals surface area contributed by atoms with Crippen LogP contribution < -0.4 is 10.5 Å². The molecule has 9 heavy (non-hydrogen) atoms. The monoisotopic (exact) mass is 170 g/mol. The van der Waals surface area contributed by atoms with Crippen molar-refractivity contribution in [3.8, 4) is 0 Å². The zero-order valence-corrected chi connectivity index (χ0v) is 7.36. The van der Waals surface area contributed by atoms with E-state index in [0.29, 0.717) is 0 Å². The molecule has 3 N–H and O–H groups in total. The summed E-state index contributed by atoms with van der Waals surface area (Å²) in [6, 6.07) is 0. The Hall–Kier alpha value is 0.560. The predicted octanol–water partition coefficient (Wildman–Crippen LogP) is 1.01. The summed E-state index contributed by atoms with van der Waals surface area (Å²) >= 11 is 1.70. The lowest BCUT2D eigenvalue weighted by atomic mass is 10.5. The van der Waals surface area contributed by atoms with E-state index in [9.17, 15) is 0 Å². The van der Waals surface area contributed by atoms with Gasteiger partial charge in [0.2, 0.25) is 0 Å². The molecule has 0 fully saturated rings. The van der Waals surface area contributed by atoms with E-state index in [0.717, 1.165) is 18.8 Å². The second-order valence-electron chi connectivity index (χ2n) is 1.53. The van der Waals surface area contributed by atoms with Crippen LogP contribution in [0.5, 0.6) is 0 Å². The minimum atomic E-state index is 0. The van der Waals surface area contributed by atoms with Crippen molar-refractivity contribution in [2.24, 2.45) is 5.73 Å². The van der Waals surface area contributed by atoms with E-state index in [1.54, 1.807) is 11.9 Å². The van der Waals surface area contributed by atoms with Crippen molar-refractivity contribution in [1.29, 1.82) is 0 Å². The number of nitrogens with two attached hydrogens (primary N) is 1. The van der Waals surface area contributed by atoms with E-state index in [1.165, 1.54) is 6.42 Å². The Morgan fingerprint density at radius 3 is 2.67 bits per heavy atom. The van der Waals surface area contributed by atoms with Gasteiger partial charge in [0.15, 0.2) is 0 Å². The van der Waals surface area contributed by atoms with Crippen molar-refractivity contribution >= 4 is 24.4 Å². The SMILES string of the molecule is CCCNSCCN.Cl. The Morgan fingerprint density at radius 2 is 2.22 bits per heavy atom. The van der Waals surface area contributed by atoms with Crippen molar-refractivity contribution in [2.75, 3.05) is 18.8 Å². The quantitative estimate of drug-likeness (QED) is 0.478. The minimum absolute atomic E-state index is 0. The Labute approximate surface area is 67.5 Å². The van der Waals surface area contributed by atoms with Crippen LogP contribution in [0.1, 0.15) is 13.3 Å². The summed E-state index contributed by atoms with van der Waals surface area (Å²) < 4.78 is 3.17. The molecule has 0 amide bonds. The first-order valence-electron chi connectivity index (χ1n) is 2.96. The van der Waals surface area contributed by atoms with Crippen LogP contribution in [0.3, 0.4) is 0 Å². The van der Waals surface area contributed by atoms with Gasteiger partial charge in [-0.1, -0.05) is 18.9 Å². The molecule has 0 rings (SSSR count). The van der Waals surface area contributed by atoms with Gasteiger partial charge in [0, 0.05) is 18.8 Å². The van der Waals surface area contributed by atoms with Crippen LogP contribution in [0.25, 0.3) is 0 Å². The average molecular weight is 171 g/mol. The summed E-state index contributed by atoms with van der Waals surface area (Å²) in [5, 5.41) is 0. The number of hydrogen-bond acceptors (Lipinski definition) is 3. The Morgan fingerprint density at radius 1 is 1.56 bits per heavy atom. The summed E-state index contributed by atoms with van der Waals surface area (Å²) in [6.45, 7) is 4.00. The third-order valence-electron chi connectivity index (χ3n) is 0.674. The summed E-state index contributed by atoms with van der Waals surface area (Å²) in [5.74, 6) is 1.01. The van der Waals surface area contributed by atoms with Gasteiger partial charge in [-0.25, -0.2) is 0 Å². The summed E-state index contributed by atoms with van der Waals surface area (Å²) in [6.07, 6.45) is 1.19. The van der Waals surface area contributed by atoms with Crippen LogP contribution >= 0.6 is 24.4 Å². The first-order valence-corrected chi connectivity index (χ1v) is 3.95. The van der Waals surface area contributed by atoms with Crippen LogP contribution in [0, 0.1) is 0 Å². The fourth-order valence-corrected chi connectivity index (χ4v) is 0.916. The van der Waals surface area contributed by atoms with E-state index in [2.05, 4.69) is 11.6 Å². The summed E-state index contributed by atoms with van der Waals surface area (Å²) in [7, 11) is 0. The first-order chi connectivity index (χ1) is 3.91. The number of halogens is 1. The smallest absolute Gasteiger partial charge is 0.0202 e. The molecule has 0 saturated heterocycles. The van der Waals surface area contributed by atoms with E-state index in [4.69, 9.17) is 5.73 Å². The molecule has 0 heterocycles. The molecule has 58 valence electrons. The van der Waals surface area contributed by atoms with E-state index in [1.807, 2.05) is 0 Å². The molecule has 2 nitrogen and oxygen atoms in total. The molecule has 0 spiro atoms. The molecule has 0 aliphatic carbocycles. The number of hydrogen-bond donors (Lipinski definition) is 2. The summed E-state index contributed by atoms with van der Waals surface area (Å²) in [4.78, 5) is 0. The van der Waals surface area contributed by atoms with Crippen LogP contribution in [0.15, 0.2) is 0 Å². The molecule has 0 aromatic carbocycles. The van der Waals surface area contributed by atoms with E-state index < -0.39 is 0 Å². The van der Waals surface area contributed by atoms with Crippen molar-refractivity contribution in [2.45, 2.75) is 13.3 Å². The lowest BCUT2D eigenvalue weighted by Crippen LogP contribution is -2.09. The molecule has 0 atom stereocenters. The molecule has 0 saturated carbocycles. The van der Waals surface area contributed by atoms with Gasteiger partial charge >= 0.3 is 0 Å². The van der Waals surface area contributed by atoms with Crippen molar-refractivity contribution in [3.63, 3.8) is 0 Å². The van der Waals surface area contributed by atoms with Crippen LogP contribution in [-0.4, -0.2) is 18.8 Å². The largest absolute Gasteiger partial charge is 0.330 e. The Bertz CT molecular complexity index is 39.9. The Balaban J connectivity index is 0. The minimum Gasteiger partial charge on any atom is -0.330 e. The molecular weight excluding hydrogens is 156 g/mol. The fourth-order valence-electron chi connectivity index (χ4n) is 0.305. The second-order valence-corrected chi connectivity index (χ2v) is 2.52. The lowest BCUT2D eigenvalue weighted by Gasteiger charge is -1.97. The van der Waals surface area contributed by atoms with Gasteiger partial charge < -0.3 is 5.73 Å². The molecule has 0 aliphatic rings. The van der Waals surface area contributed by atoms with Crippen LogP contribution in [0.2, 0.25) is 0 Å². The highest BCUT2D eigenvalue weighted by molar-refractivity contribution is 7.97. The highest BCUT2D eigenvalue weighted by atomic mass is 35.5. The average Bonchev–Trinajstić information content (AvgIpc) is 1.81. The second kappa shape index (κ2) is 11.4. The molecule has 0 aromatic heterocycles. The summed E-state index contributed by atoms with van der Waals surface area (Å²) in [5.41, 5.74) is 5.25. The van der Waals surface area contributed by atoms with E-state index in [-0.39, 0.29) is 12.4 Å². The topological polar surface area (TPSA) is 38.0 Å². The molecule has 4 heteroatoms. The fraction of sp³-hybridized carbons (Fsp3) is 1.00. The van der Waals surface area contributed by atoms with Crippen molar-refractivity contribution in [1.82, 2.24) is 4.72 Å². The van der Waals surface area contributed by atoms with Gasteiger partial charge in [0.05, 0.1) is 0 Å². The molecule has 0 radical (unpaired) electrons. The molecule has 0 unspecified atom stereocenters. The maximum atomic E-state index is 5.25. The maximum Gasteiger partial charge on any atom is 0.0202 e. The zero-order chi connectivity index (χ0) is 6.24. The van der Waals surface area contributed by atoms with Gasteiger partial charge in [-0.05, 0) is 6.42 Å². The highest BCUT2D eigenvalue weighted by Gasteiger charge is 1.81. The maximum absolute atomic E-state index is 5.25. The molecule has 0 bridgehead atoms.